The Kier molecular flexibility index (Phi) is 3.47. The van der Waals surface area contributed by atoms with E-state index in [0.717, 1.165) is 23.4 Å². The van der Waals surface area contributed by atoms with E-state index in [1.165, 1.54) is 32.1 Å². The first-order valence-corrected chi connectivity index (χ1v) is 6.75. The van der Waals surface area contributed by atoms with Crippen LogP contribution in [0.4, 0.5) is 0 Å². The highest BCUT2D eigenvalue weighted by Gasteiger charge is 2.31. The molecule has 0 saturated heterocycles. The topological polar surface area (TPSA) is 33.6 Å². The highest BCUT2D eigenvalue weighted by molar-refractivity contribution is 7.71. The average molecular weight is 239 g/mol. The number of nitrogens with zero attached hydrogens (tertiary/aromatic N) is 2. The summed E-state index contributed by atoms with van der Waals surface area (Å²) < 4.78 is 3.08. The lowest BCUT2D eigenvalue weighted by Gasteiger charge is -2.35. The first-order chi connectivity index (χ1) is 7.67. The van der Waals surface area contributed by atoms with E-state index in [-0.39, 0.29) is 5.54 Å². The maximum atomic E-state index is 5.38. The summed E-state index contributed by atoms with van der Waals surface area (Å²) in [5, 5.41) is 7.33. The summed E-state index contributed by atoms with van der Waals surface area (Å²) in [5.41, 5.74) is 0.201. The summed E-state index contributed by atoms with van der Waals surface area (Å²) in [6, 6.07) is 0. The van der Waals surface area contributed by atoms with Crippen molar-refractivity contribution in [2.45, 2.75) is 64.3 Å². The Morgan fingerprint density at radius 2 is 2.06 bits per heavy atom. The zero-order valence-electron chi connectivity index (χ0n) is 10.3. The zero-order valence-corrected chi connectivity index (χ0v) is 11.1. The van der Waals surface area contributed by atoms with E-state index in [2.05, 4.69) is 28.6 Å². The Morgan fingerprint density at radius 3 is 2.69 bits per heavy atom. The molecule has 0 spiro atoms. The molecule has 0 aromatic carbocycles. The minimum atomic E-state index is 0.201. The second-order valence-electron chi connectivity index (χ2n) is 5.09. The molecule has 0 radical (unpaired) electrons. The maximum absolute atomic E-state index is 5.38. The van der Waals surface area contributed by atoms with Crippen LogP contribution >= 0.6 is 12.2 Å². The number of nitrogens with one attached hydrogen (secondary N) is 1. The molecule has 0 aliphatic heterocycles. The Bertz CT molecular complexity index is 399. The third-order valence-electron chi connectivity index (χ3n) is 3.69. The lowest BCUT2D eigenvalue weighted by molar-refractivity contribution is 0.210. The SMILES string of the molecule is CCCc1n[nH]c(=S)n1C1(C)CCCCC1. The minimum absolute atomic E-state index is 0.201. The zero-order chi connectivity index (χ0) is 11.6. The van der Waals surface area contributed by atoms with Crippen LogP contribution in [0.1, 0.15) is 58.2 Å². The van der Waals surface area contributed by atoms with Crippen molar-refractivity contribution in [3.63, 3.8) is 0 Å². The maximum Gasteiger partial charge on any atom is 0.195 e. The van der Waals surface area contributed by atoms with Crippen LogP contribution in [0.25, 0.3) is 0 Å². The van der Waals surface area contributed by atoms with Gasteiger partial charge in [0.25, 0.3) is 0 Å². The van der Waals surface area contributed by atoms with Crippen LogP contribution in [0.15, 0.2) is 0 Å². The number of rotatable bonds is 3. The van der Waals surface area contributed by atoms with Gasteiger partial charge in [-0.15, -0.1) is 0 Å². The second-order valence-corrected chi connectivity index (χ2v) is 5.47. The molecule has 1 saturated carbocycles. The molecule has 2 rings (SSSR count). The fraction of sp³-hybridized carbons (Fsp3) is 0.833. The molecule has 1 fully saturated rings. The van der Waals surface area contributed by atoms with Gasteiger partial charge in [0.1, 0.15) is 5.82 Å². The predicted octanol–water partition coefficient (Wildman–Crippen LogP) is 3.57. The highest BCUT2D eigenvalue weighted by atomic mass is 32.1. The quantitative estimate of drug-likeness (QED) is 0.818. The molecular formula is C12H21N3S. The summed E-state index contributed by atoms with van der Waals surface area (Å²) >= 11 is 5.38. The molecular weight excluding hydrogens is 218 g/mol. The predicted molar refractivity (Wildman–Crippen MR) is 68.1 cm³/mol. The lowest BCUT2D eigenvalue weighted by Crippen LogP contribution is -2.34. The molecule has 1 aliphatic rings. The van der Waals surface area contributed by atoms with Gasteiger partial charge in [0.05, 0.1) is 0 Å². The Labute approximate surface area is 102 Å². The average Bonchev–Trinajstić information content (AvgIpc) is 2.62. The van der Waals surface area contributed by atoms with Gasteiger partial charge >= 0.3 is 0 Å². The third-order valence-corrected chi connectivity index (χ3v) is 3.96. The molecule has 1 aromatic rings. The van der Waals surface area contributed by atoms with Gasteiger partial charge in [0, 0.05) is 12.0 Å². The van der Waals surface area contributed by atoms with Crippen LogP contribution in [-0.4, -0.2) is 14.8 Å². The van der Waals surface area contributed by atoms with Crippen molar-refractivity contribution < 1.29 is 0 Å². The van der Waals surface area contributed by atoms with Gasteiger partial charge in [-0.2, -0.15) is 5.10 Å². The molecule has 16 heavy (non-hydrogen) atoms. The molecule has 1 N–H and O–H groups in total. The molecule has 1 aliphatic carbocycles. The summed E-state index contributed by atoms with van der Waals surface area (Å²) in [6.07, 6.45) is 8.60. The van der Waals surface area contributed by atoms with Gasteiger partial charge < -0.3 is 0 Å². The van der Waals surface area contributed by atoms with Crippen LogP contribution in [-0.2, 0) is 12.0 Å². The van der Waals surface area contributed by atoms with Crippen molar-refractivity contribution in [3.8, 4) is 0 Å². The van der Waals surface area contributed by atoms with Crippen molar-refractivity contribution in [3.05, 3.63) is 10.6 Å². The molecule has 0 atom stereocenters. The number of aromatic nitrogens is 3. The summed E-state index contributed by atoms with van der Waals surface area (Å²) in [7, 11) is 0. The van der Waals surface area contributed by atoms with E-state index in [4.69, 9.17) is 12.2 Å². The summed E-state index contributed by atoms with van der Waals surface area (Å²) in [5.74, 6) is 1.14. The normalized spacial score (nSPS) is 19.9. The molecule has 4 heteroatoms. The van der Waals surface area contributed by atoms with E-state index < -0.39 is 0 Å². The first kappa shape index (κ1) is 11.8. The fourth-order valence-corrected chi connectivity index (χ4v) is 3.19. The molecule has 0 bridgehead atoms. The van der Waals surface area contributed by atoms with Crippen molar-refractivity contribution >= 4 is 12.2 Å². The Hall–Kier alpha value is -0.640. The Morgan fingerprint density at radius 1 is 1.38 bits per heavy atom. The second kappa shape index (κ2) is 4.70. The lowest BCUT2D eigenvalue weighted by atomic mass is 9.83. The molecule has 3 nitrogen and oxygen atoms in total. The number of H-pyrrole nitrogens is 1. The Balaban J connectivity index is 2.37. The monoisotopic (exact) mass is 239 g/mol. The van der Waals surface area contributed by atoms with Crippen LogP contribution in [0, 0.1) is 4.77 Å². The highest BCUT2D eigenvalue weighted by Crippen LogP contribution is 2.35. The van der Waals surface area contributed by atoms with Gasteiger partial charge in [-0.3, -0.25) is 9.67 Å². The molecule has 1 aromatic heterocycles. The molecule has 0 unspecified atom stereocenters. The van der Waals surface area contributed by atoms with Gasteiger partial charge in [0.15, 0.2) is 4.77 Å². The van der Waals surface area contributed by atoms with E-state index in [1.807, 2.05) is 0 Å². The van der Waals surface area contributed by atoms with Crippen molar-refractivity contribution in [2.75, 3.05) is 0 Å². The van der Waals surface area contributed by atoms with Gasteiger partial charge in [-0.05, 0) is 38.4 Å². The number of hydrogen-bond acceptors (Lipinski definition) is 2. The van der Waals surface area contributed by atoms with Crippen molar-refractivity contribution in [2.24, 2.45) is 0 Å². The molecule has 0 amide bonds. The number of aromatic amines is 1. The van der Waals surface area contributed by atoms with Gasteiger partial charge in [-0.1, -0.05) is 26.2 Å². The third kappa shape index (κ3) is 2.08. The smallest absolute Gasteiger partial charge is 0.195 e. The van der Waals surface area contributed by atoms with E-state index >= 15 is 0 Å². The van der Waals surface area contributed by atoms with Crippen molar-refractivity contribution in [1.29, 1.82) is 0 Å². The van der Waals surface area contributed by atoms with Gasteiger partial charge in [0.2, 0.25) is 0 Å². The van der Waals surface area contributed by atoms with Crippen LogP contribution < -0.4 is 0 Å². The first-order valence-electron chi connectivity index (χ1n) is 6.34. The van der Waals surface area contributed by atoms with E-state index in [9.17, 15) is 0 Å². The molecule has 90 valence electrons. The van der Waals surface area contributed by atoms with E-state index in [1.54, 1.807) is 0 Å². The van der Waals surface area contributed by atoms with E-state index in [0.29, 0.717) is 0 Å². The number of hydrogen-bond donors (Lipinski definition) is 1. The van der Waals surface area contributed by atoms with Crippen molar-refractivity contribution in [1.82, 2.24) is 14.8 Å². The minimum Gasteiger partial charge on any atom is -0.298 e. The fourth-order valence-electron chi connectivity index (χ4n) is 2.81. The summed E-state index contributed by atoms with van der Waals surface area (Å²) in [4.78, 5) is 0. The van der Waals surface area contributed by atoms with Crippen LogP contribution in [0.5, 0.6) is 0 Å². The van der Waals surface area contributed by atoms with Crippen LogP contribution in [0.3, 0.4) is 0 Å². The largest absolute Gasteiger partial charge is 0.298 e. The van der Waals surface area contributed by atoms with Gasteiger partial charge in [-0.25, -0.2) is 0 Å². The standard InChI is InChI=1S/C12H21N3S/c1-3-7-10-13-14-11(16)15(10)12(2)8-5-4-6-9-12/h3-9H2,1-2H3,(H,14,16). The molecule has 1 heterocycles. The summed E-state index contributed by atoms with van der Waals surface area (Å²) in [6.45, 7) is 4.52. The van der Waals surface area contributed by atoms with Crippen LogP contribution in [0.2, 0.25) is 0 Å². The number of aryl methyl sites for hydroxylation is 1.